The molecule has 0 spiro atoms. The second-order valence-electron chi connectivity index (χ2n) is 8.65. The Labute approximate surface area is 210 Å². The highest BCUT2D eigenvalue weighted by molar-refractivity contribution is 6.55. The summed E-state index contributed by atoms with van der Waals surface area (Å²) in [6, 6.07) is 4.09. The molecular weight excluding hydrogens is 461 g/mol. The molecule has 7 heteroatoms. The fourth-order valence-corrected chi connectivity index (χ4v) is 3.14. The summed E-state index contributed by atoms with van der Waals surface area (Å²) in [5.41, 5.74) is 4.92. The predicted molar refractivity (Wildman–Crippen MR) is 138 cm³/mol. The van der Waals surface area contributed by atoms with Gasteiger partial charge in [0.25, 0.3) is 0 Å². The van der Waals surface area contributed by atoms with Gasteiger partial charge in [-0.1, -0.05) is 43.5 Å². The lowest BCUT2D eigenvalue weighted by Gasteiger charge is -2.17. The molecule has 1 N–H and O–H groups in total. The molecule has 0 aliphatic heterocycles. The zero-order valence-corrected chi connectivity index (χ0v) is 22.4. The minimum atomic E-state index is -0.208. The molecule has 0 saturated carbocycles. The van der Waals surface area contributed by atoms with Crippen molar-refractivity contribution in [2.75, 3.05) is 26.4 Å². The highest BCUT2D eigenvalue weighted by Gasteiger charge is 2.11. The maximum absolute atomic E-state index is 6.19. The van der Waals surface area contributed by atoms with Crippen molar-refractivity contribution >= 4 is 23.2 Å². The standard InChI is InChI=1S/C26H41Cl2NO4/c1-6-21-19-23(31-18-13-24(27)28)20-22(7-2)25(21)32-17-11-9-8-10-15-30-16-12-14-29-33-26(3,4)5/h12-14,19-20,29H,6-11,15-18H2,1-5H3. The zero-order chi connectivity index (χ0) is 24.5. The molecule has 0 aliphatic carbocycles. The number of unbranched alkanes of at least 4 members (excludes halogenated alkanes) is 3. The number of hydrogen-bond donors (Lipinski definition) is 1. The van der Waals surface area contributed by atoms with Crippen molar-refractivity contribution in [2.24, 2.45) is 0 Å². The third kappa shape index (κ3) is 14.5. The van der Waals surface area contributed by atoms with E-state index in [1.807, 2.05) is 39.0 Å². The van der Waals surface area contributed by atoms with Crippen LogP contribution < -0.4 is 15.0 Å². The molecule has 1 rings (SSSR count). The lowest BCUT2D eigenvalue weighted by Crippen LogP contribution is -2.25. The van der Waals surface area contributed by atoms with Gasteiger partial charge < -0.3 is 14.2 Å². The Morgan fingerprint density at radius 2 is 1.55 bits per heavy atom. The Kier molecular flexibility index (Phi) is 15.4. The van der Waals surface area contributed by atoms with Crippen LogP contribution in [0.15, 0.2) is 35.0 Å². The van der Waals surface area contributed by atoms with Gasteiger partial charge in [0.2, 0.25) is 0 Å². The van der Waals surface area contributed by atoms with Gasteiger partial charge in [-0.3, -0.25) is 10.3 Å². The average Bonchev–Trinajstić information content (AvgIpc) is 2.76. The first-order valence-electron chi connectivity index (χ1n) is 11.9. The Morgan fingerprint density at radius 1 is 0.909 bits per heavy atom. The lowest BCUT2D eigenvalue weighted by molar-refractivity contribution is -0.0524. The molecule has 5 nitrogen and oxygen atoms in total. The Bertz CT molecular complexity index is 700. The Hall–Kier alpha value is -1.40. The first-order chi connectivity index (χ1) is 15.8. The molecule has 188 valence electrons. The van der Waals surface area contributed by atoms with E-state index in [1.54, 1.807) is 12.3 Å². The van der Waals surface area contributed by atoms with Gasteiger partial charge in [-0.15, -0.1) is 0 Å². The normalized spacial score (nSPS) is 11.6. The first kappa shape index (κ1) is 29.6. The van der Waals surface area contributed by atoms with Crippen LogP contribution in [0.25, 0.3) is 0 Å². The van der Waals surface area contributed by atoms with Crippen molar-refractivity contribution in [2.45, 2.75) is 78.7 Å². The highest BCUT2D eigenvalue weighted by atomic mass is 35.5. The highest BCUT2D eigenvalue weighted by Crippen LogP contribution is 2.31. The number of ether oxygens (including phenoxy) is 3. The van der Waals surface area contributed by atoms with Crippen LogP contribution in [0, 0.1) is 0 Å². The van der Waals surface area contributed by atoms with Gasteiger partial charge in [-0.05, 0) is 88.3 Å². The predicted octanol–water partition coefficient (Wildman–Crippen LogP) is 7.30. The lowest BCUT2D eigenvalue weighted by atomic mass is 10.0. The third-order valence-corrected chi connectivity index (χ3v) is 4.97. The first-order valence-corrected chi connectivity index (χ1v) is 12.6. The summed E-state index contributed by atoms with van der Waals surface area (Å²) in [7, 11) is 0. The van der Waals surface area contributed by atoms with Crippen molar-refractivity contribution in [3.05, 3.63) is 46.1 Å². The molecule has 0 radical (unpaired) electrons. The van der Waals surface area contributed by atoms with Gasteiger partial charge in [0.15, 0.2) is 0 Å². The number of aryl methyl sites for hydroxylation is 2. The van der Waals surface area contributed by atoms with Gasteiger partial charge in [0.05, 0.1) is 18.8 Å². The van der Waals surface area contributed by atoms with Crippen LogP contribution >= 0.6 is 23.2 Å². The van der Waals surface area contributed by atoms with Crippen molar-refractivity contribution in [3.8, 4) is 11.5 Å². The molecule has 33 heavy (non-hydrogen) atoms. The zero-order valence-electron chi connectivity index (χ0n) is 20.8. The molecule has 0 amide bonds. The van der Waals surface area contributed by atoms with Gasteiger partial charge in [0.1, 0.15) is 22.6 Å². The smallest absolute Gasteiger partial charge is 0.125 e. The van der Waals surface area contributed by atoms with Crippen LogP contribution in [0.5, 0.6) is 11.5 Å². The largest absolute Gasteiger partial charge is 0.493 e. The molecular formula is C26H41Cl2NO4. The van der Waals surface area contributed by atoms with E-state index in [4.69, 9.17) is 42.3 Å². The fourth-order valence-electron chi connectivity index (χ4n) is 3.01. The van der Waals surface area contributed by atoms with Crippen LogP contribution in [0.2, 0.25) is 0 Å². The molecule has 0 heterocycles. The second kappa shape index (κ2) is 17.1. The van der Waals surface area contributed by atoms with Crippen LogP contribution in [-0.2, 0) is 22.4 Å². The maximum Gasteiger partial charge on any atom is 0.125 e. The average molecular weight is 503 g/mol. The van der Waals surface area contributed by atoms with E-state index in [-0.39, 0.29) is 10.1 Å². The van der Waals surface area contributed by atoms with E-state index < -0.39 is 0 Å². The molecule has 0 aromatic heterocycles. The van der Waals surface area contributed by atoms with E-state index in [9.17, 15) is 0 Å². The Morgan fingerprint density at radius 3 is 2.12 bits per heavy atom. The number of halogens is 2. The molecule has 0 atom stereocenters. The number of rotatable bonds is 17. The van der Waals surface area contributed by atoms with Crippen molar-refractivity contribution in [1.29, 1.82) is 0 Å². The van der Waals surface area contributed by atoms with Crippen LogP contribution in [0.4, 0.5) is 0 Å². The summed E-state index contributed by atoms with van der Waals surface area (Å²) in [6.45, 7) is 12.6. The van der Waals surface area contributed by atoms with Crippen LogP contribution in [0.1, 0.15) is 71.4 Å². The summed E-state index contributed by atoms with van der Waals surface area (Å²) in [5, 5.41) is 0. The summed E-state index contributed by atoms with van der Waals surface area (Å²) in [6.07, 6.45) is 11.4. The van der Waals surface area contributed by atoms with Gasteiger partial charge in [0, 0.05) is 12.8 Å². The van der Waals surface area contributed by atoms with Gasteiger partial charge in [-0.2, -0.15) is 0 Å². The topological polar surface area (TPSA) is 49.0 Å². The SMILES string of the molecule is CCc1cc(OCC=C(Cl)Cl)cc(CC)c1OCCCCCCOCC=CNOC(C)(C)C. The van der Waals surface area contributed by atoms with E-state index in [1.165, 1.54) is 0 Å². The van der Waals surface area contributed by atoms with E-state index in [0.29, 0.717) is 19.8 Å². The van der Waals surface area contributed by atoms with Gasteiger partial charge in [-0.25, -0.2) is 0 Å². The van der Waals surface area contributed by atoms with Gasteiger partial charge >= 0.3 is 0 Å². The summed E-state index contributed by atoms with van der Waals surface area (Å²) in [5.74, 6) is 1.81. The number of hydrogen-bond acceptors (Lipinski definition) is 5. The van der Waals surface area contributed by atoms with Crippen molar-refractivity contribution < 1.29 is 19.0 Å². The molecule has 1 aromatic rings. The van der Waals surface area contributed by atoms with Crippen molar-refractivity contribution in [3.63, 3.8) is 0 Å². The number of nitrogens with one attached hydrogen (secondary N) is 1. The van der Waals surface area contributed by atoms with Crippen molar-refractivity contribution in [1.82, 2.24) is 5.48 Å². The Balaban J connectivity index is 2.27. The molecule has 0 fully saturated rings. The fraction of sp³-hybridized carbons (Fsp3) is 0.615. The molecule has 0 unspecified atom stereocenters. The summed E-state index contributed by atoms with van der Waals surface area (Å²) >= 11 is 11.3. The second-order valence-corrected chi connectivity index (χ2v) is 9.66. The number of hydroxylamine groups is 1. The third-order valence-electron chi connectivity index (χ3n) is 4.66. The van der Waals surface area contributed by atoms with E-state index in [0.717, 1.165) is 67.8 Å². The van der Waals surface area contributed by atoms with Crippen LogP contribution in [-0.4, -0.2) is 32.0 Å². The molecule has 0 aliphatic rings. The maximum atomic E-state index is 6.19. The summed E-state index contributed by atoms with van der Waals surface area (Å²) < 4.78 is 17.8. The van der Waals surface area contributed by atoms with E-state index in [2.05, 4.69) is 19.3 Å². The monoisotopic (exact) mass is 501 g/mol. The minimum Gasteiger partial charge on any atom is -0.493 e. The quantitative estimate of drug-likeness (QED) is 0.179. The summed E-state index contributed by atoms with van der Waals surface area (Å²) in [4.78, 5) is 5.38. The van der Waals surface area contributed by atoms with Crippen LogP contribution in [0.3, 0.4) is 0 Å². The van der Waals surface area contributed by atoms with E-state index >= 15 is 0 Å². The molecule has 1 aromatic carbocycles. The minimum absolute atomic E-state index is 0.208. The molecule has 0 bridgehead atoms. The number of benzene rings is 1. The molecule has 0 saturated heterocycles.